The summed E-state index contributed by atoms with van der Waals surface area (Å²) >= 11 is 4.95. The average Bonchev–Trinajstić information content (AvgIpc) is 3.00. The third-order valence-electron chi connectivity index (χ3n) is 3.84. The van der Waals surface area contributed by atoms with Gasteiger partial charge in [0.2, 0.25) is 0 Å². The third-order valence-corrected chi connectivity index (χ3v) is 4.11. The molecule has 1 fully saturated rings. The van der Waals surface area contributed by atoms with E-state index in [2.05, 4.69) is 11.2 Å². The standard InChI is InChI=1S/C16H18F3N3O5S/c1-3-5-25-10-6-12(27-11(10)8-26-15(28)20-4-2)22-7-9(16(17,18)19)13(23)21-14(22)24/h1,7,10-12H,4-6,8H2,2H3,(H,20,28)(H,21,23,24)/t10-,11+,12+/m0/s1. The van der Waals surface area contributed by atoms with Crippen LogP contribution in [-0.4, -0.2) is 46.7 Å². The molecule has 0 saturated carbocycles. The van der Waals surface area contributed by atoms with Crippen LogP contribution in [0.4, 0.5) is 13.2 Å². The molecule has 1 aromatic heterocycles. The molecule has 2 rings (SSSR count). The first kappa shape index (κ1) is 21.9. The number of terminal acetylenes is 1. The van der Waals surface area contributed by atoms with E-state index in [0.29, 0.717) is 17.3 Å². The second-order valence-corrected chi connectivity index (χ2v) is 6.13. The molecule has 0 unspecified atom stereocenters. The normalized spacial score (nSPS) is 21.9. The summed E-state index contributed by atoms with van der Waals surface area (Å²) in [5, 5.41) is 2.89. The lowest BCUT2D eigenvalue weighted by Gasteiger charge is -2.19. The molecule has 1 aliphatic heterocycles. The molecule has 3 atom stereocenters. The number of aromatic amines is 1. The van der Waals surface area contributed by atoms with Gasteiger partial charge in [0, 0.05) is 19.2 Å². The van der Waals surface area contributed by atoms with Crippen LogP contribution in [0.3, 0.4) is 0 Å². The summed E-state index contributed by atoms with van der Waals surface area (Å²) in [6.07, 6.45) is -1.83. The van der Waals surface area contributed by atoms with Crippen LogP contribution in [0.2, 0.25) is 0 Å². The summed E-state index contributed by atoms with van der Waals surface area (Å²) in [6, 6.07) is 0. The highest BCUT2D eigenvalue weighted by Gasteiger charge is 2.40. The van der Waals surface area contributed by atoms with Gasteiger partial charge in [0.25, 0.3) is 10.7 Å². The smallest absolute Gasteiger partial charge is 0.423 e. The van der Waals surface area contributed by atoms with E-state index in [-0.39, 0.29) is 24.8 Å². The average molecular weight is 421 g/mol. The molecule has 0 aliphatic carbocycles. The Morgan fingerprint density at radius 1 is 1.54 bits per heavy atom. The molecular formula is C16H18F3N3O5S. The van der Waals surface area contributed by atoms with Crippen LogP contribution < -0.4 is 16.6 Å². The first-order chi connectivity index (χ1) is 13.2. The topological polar surface area (TPSA) is 94.6 Å². The van der Waals surface area contributed by atoms with Crippen LogP contribution in [0.25, 0.3) is 0 Å². The SMILES string of the molecule is C#CCO[C@H]1C[C@H](n2cc(C(F)(F)F)c(=O)[nH]c2=O)O[C@@H]1COC(=S)NCC. The van der Waals surface area contributed by atoms with E-state index in [1.165, 1.54) is 0 Å². The second kappa shape index (κ2) is 9.22. The van der Waals surface area contributed by atoms with Crippen molar-refractivity contribution in [3.63, 3.8) is 0 Å². The third kappa shape index (κ3) is 5.34. The minimum Gasteiger partial charge on any atom is -0.468 e. The first-order valence-electron chi connectivity index (χ1n) is 8.21. The Balaban J connectivity index is 2.24. The van der Waals surface area contributed by atoms with Crippen LogP contribution >= 0.6 is 12.2 Å². The van der Waals surface area contributed by atoms with Gasteiger partial charge in [-0.15, -0.1) is 6.42 Å². The second-order valence-electron chi connectivity index (χ2n) is 5.75. The van der Waals surface area contributed by atoms with Gasteiger partial charge in [0.15, 0.2) is 0 Å². The quantitative estimate of drug-likeness (QED) is 0.518. The Kier molecular flexibility index (Phi) is 7.22. The van der Waals surface area contributed by atoms with E-state index < -0.39 is 41.4 Å². The fraction of sp³-hybridized carbons (Fsp3) is 0.562. The lowest BCUT2D eigenvalue weighted by molar-refractivity contribution is -0.139. The van der Waals surface area contributed by atoms with Crippen molar-refractivity contribution in [1.82, 2.24) is 14.9 Å². The number of hydrogen-bond donors (Lipinski definition) is 2. The van der Waals surface area contributed by atoms with Gasteiger partial charge in [0.1, 0.15) is 31.1 Å². The van der Waals surface area contributed by atoms with Crippen LogP contribution in [0.15, 0.2) is 15.8 Å². The number of H-pyrrole nitrogens is 1. The molecule has 0 bridgehead atoms. The lowest BCUT2D eigenvalue weighted by Crippen LogP contribution is -2.36. The summed E-state index contributed by atoms with van der Waals surface area (Å²) in [6.45, 7) is 2.22. The molecule has 8 nitrogen and oxygen atoms in total. The van der Waals surface area contributed by atoms with Crippen molar-refractivity contribution < 1.29 is 27.4 Å². The van der Waals surface area contributed by atoms with Crippen LogP contribution in [-0.2, 0) is 20.4 Å². The number of aromatic nitrogens is 2. The first-order valence-corrected chi connectivity index (χ1v) is 8.62. The van der Waals surface area contributed by atoms with Crippen molar-refractivity contribution in [2.45, 2.75) is 38.0 Å². The van der Waals surface area contributed by atoms with Gasteiger partial charge in [-0.3, -0.25) is 14.3 Å². The molecule has 2 N–H and O–H groups in total. The monoisotopic (exact) mass is 421 g/mol. The van der Waals surface area contributed by atoms with E-state index in [1.807, 2.05) is 6.92 Å². The Morgan fingerprint density at radius 3 is 2.86 bits per heavy atom. The summed E-state index contributed by atoms with van der Waals surface area (Å²) in [7, 11) is 0. The van der Waals surface area contributed by atoms with E-state index >= 15 is 0 Å². The molecule has 0 aromatic carbocycles. The number of halogens is 3. The van der Waals surface area contributed by atoms with Gasteiger partial charge in [-0.05, 0) is 19.1 Å². The van der Waals surface area contributed by atoms with Crippen molar-refractivity contribution in [3.8, 4) is 12.3 Å². The van der Waals surface area contributed by atoms with Gasteiger partial charge in [-0.25, -0.2) is 4.79 Å². The fourth-order valence-corrected chi connectivity index (χ4v) is 2.82. The number of thiocarbonyl (C=S) groups is 1. The van der Waals surface area contributed by atoms with Crippen LogP contribution in [0.1, 0.15) is 25.1 Å². The Bertz CT molecular complexity index is 861. The molecule has 1 saturated heterocycles. The summed E-state index contributed by atoms with van der Waals surface area (Å²) < 4.78 is 56.0. The van der Waals surface area contributed by atoms with Crippen LogP contribution in [0.5, 0.6) is 0 Å². The largest absolute Gasteiger partial charge is 0.468 e. The van der Waals surface area contributed by atoms with Crippen molar-refractivity contribution in [1.29, 1.82) is 0 Å². The number of ether oxygens (including phenoxy) is 3. The number of hydrogen-bond acceptors (Lipinski definition) is 6. The Hall–Kier alpha value is -2.36. The number of alkyl halides is 3. The van der Waals surface area contributed by atoms with Gasteiger partial charge in [-0.2, -0.15) is 13.2 Å². The molecule has 0 amide bonds. The van der Waals surface area contributed by atoms with Gasteiger partial charge >= 0.3 is 11.9 Å². The van der Waals surface area contributed by atoms with Crippen molar-refractivity contribution in [3.05, 3.63) is 32.6 Å². The molecule has 2 heterocycles. The van der Waals surface area contributed by atoms with E-state index in [4.69, 9.17) is 32.9 Å². The van der Waals surface area contributed by atoms with E-state index in [1.54, 1.807) is 4.98 Å². The molecule has 1 aliphatic rings. The molecule has 28 heavy (non-hydrogen) atoms. The number of nitrogens with zero attached hydrogens (tertiary/aromatic N) is 1. The molecular weight excluding hydrogens is 403 g/mol. The summed E-state index contributed by atoms with van der Waals surface area (Å²) in [5.41, 5.74) is -4.07. The fourth-order valence-electron chi connectivity index (χ4n) is 2.61. The zero-order valence-corrected chi connectivity index (χ0v) is 15.6. The minimum atomic E-state index is -4.93. The predicted molar refractivity (Wildman–Crippen MR) is 95.7 cm³/mol. The van der Waals surface area contributed by atoms with Crippen LogP contribution in [0, 0.1) is 12.3 Å². The van der Waals surface area contributed by atoms with E-state index in [9.17, 15) is 22.8 Å². The molecule has 154 valence electrons. The molecule has 12 heteroatoms. The van der Waals surface area contributed by atoms with Crippen molar-refractivity contribution in [2.75, 3.05) is 19.8 Å². The molecule has 0 radical (unpaired) electrons. The number of nitrogens with one attached hydrogen (secondary N) is 2. The van der Waals surface area contributed by atoms with Crippen molar-refractivity contribution >= 4 is 17.4 Å². The minimum absolute atomic E-state index is 0.0208. The molecule has 0 spiro atoms. The number of rotatable bonds is 6. The maximum Gasteiger partial charge on any atom is 0.423 e. The van der Waals surface area contributed by atoms with Gasteiger partial charge < -0.3 is 19.5 Å². The maximum atomic E-state index is 13.0. The highest BCUT2D eigenvalue weighted by atomic mass is 32.1. The highest BCUT2D eigenvalue weighted by molar-refractivity contribution is 7.80. The zero-order chi connectivity index (χ0) is 20.9. The maximum absolute atomic E-state index is 13.0. The molecule has 1 aromatic rings. The van der Waals surface area contributed by atoms with Gasteiger partial charge in [-0.1, -0.05) is 5.92 Å². The lowest BCUT2D eigenvalue weighted by atomic mass is 10.2. The van der Waals surface area contributed by atoms with Crippen molar-refractivity contribution in [2.24, 2.45) is 0 Å². The summed E-state index contributed by atoms with van der Waals surface area (Å²) in [4.78, 5) is 25.1. The predicted octanol–water partition coefficient (Wildman–Crippen LogP) is 0.772. The Morgan fingerprint density at radius 2 is 2.25 bits per heavy atom. The Labute approximate surface area is 163 Å². The van der Waals surface area contributed by atoms with Gasteiger partial charge in [0.05, 0.1) is 6.10 Å². The zero-order valence-electron chi connectivity index (χ0n) is 14.7. The highest BCUT2D eigenvalue weighted by Crippen LogP contribution is 2.32. The summed E-state index contributed by atoms with van der Waals surface area (Å²) in [5.74, 6) is 2.28. The van der Waals surface area contributed by atoms with E-state index in [0.717, 1.165) is 0 Å².